The highest BCUT2D eigenvalue weighted by Crippen LogP contribution is 2.24. The number of halogens is 1. The van der Waals surface area contributed by atoms with Crippen LogP contribution in [-0.4, -0.2) is 30.8 Å². The van der Waals surface area contributed by atoms with Crippen molar-refractivity contribution in [3.05, 3.63) is 64.1 Å². The number of carbonyl (C=O) groups is 1. The molecule has 5 nitrogen and oxygen atoms in total. The van der Waals surface area contributed by atoms with E-state index in [4.69, 9.17) is 10.5 Å². The van der Waals surface area contributed by atoms with Crippen LogP contribution >= 0.6 is 15.9 Å². The molecule has 6 heteroatoms. The molecule has 0 saturated heterocycles. The Morgan fingerprint density at radius 3 is 2.54 bits per heavy atom. The van der Waals surface area contributed by atoms with Gasteiger partial charge >= 0.3 is 5.97 Å². The Labute approximate surface area is 162 Å². The van der Waals surface area contributed by atoms with E-state index in [1.807, 2.05) is 43.3 Å². The van der Waals surface area contributed by atoms with Gasteiger partial charge in [-0.3, -0.25) is 4.79 Å². The smallest absolute Gasteiger partial charge is 0.309 e. The minimum absolute atomic E-state index is 0.0567. The second-order valence-corrected chi connectivity index (χ2v) is 7.18. The van der Waals surface area contributed by atoms with Crippen LogP contribution in [0.3, 0.4) is 0 Å². The number of ether oxygens (including phenoxy) is 2. The maximum atomic E-state index is 11.3. The summed E-state index contributed by atoms with van der Waals surface area (Å²) in [7, 11) is 1.37. The van der Waals surface area contributed by atoms with Crippen LogP contribution in [0.2, 0.25) is 0 Å². The van der Waals surface area contributed by atoms with Gasteiger partial charge in [0.2, 0.25) is 0 Å². The third kappa shape index (κ3) is 5.83. The summed E-state index contributed by atoms with van der Waals surface area (Å²) in [5, 5.41) is 10.5. The zero-order valence-electron chi connectivity index (χ0n) is 14.9. The predicted octanol–water partition coefficient (Wildman–Crippen LogP) is 3.24. The first-order chi connectivity index (χ1) is 12.4. The second kappa shape index (κ2) is 9.71. The molecule has 0 amide bonds. The molecule has 0 saturated carbocycles. The number of aliphatic hydroxyl groups excluding tert-OH is 1. The Morgan fingerprint density at radius 1 is 1.23 bits per heavy atom. The van der Waals surface area contributed by atoms with Gasteiger partial charge in [0.1, 0.15) is 5.75 Å². The fourth-order valence-corrected chi connectivity index (χ4v) is 2.92. The number of esters is 1. The van der Waals surface area contributed by atoms with Crippen molar-refractivity contribution >= 4 is 21.9 Å². The molecule has 26 heavy (non-hydrogen) atoms. The molecule has 3 N–H and O–H groups in total. The van der Waals surface area contributed by atoms with Gasteiger partial charge in [-0.25, -0.2) is 0 Å². The van der Waals surface area contributed by atoms with E-state index in [1.54, 1.807) is 12.1 Å². The molecule has 140 valence electrons. The number of hydrogen-bond acceptors (Lipinski definition) is 5. The monoisotopic (exact) mass is 421 g/mol. The average Bonchev–Trinajstić information content (AvgIpc) is 2.65. The highest BCUT2D eigenvalue weighted by atomic mass is 79.9. The van der Waals surface area contributed by atoms with Crippen LogP contribution in [0, 0.1) is 5.92 Å². The summed E-state index contributed by atoms with van der Waals surface area (Å²) < 4.78 is 11.3. The summed E-state index contributed by atoms with van der Waals surface area (Å²) in [6.45, 7) is 2.32. The van der Waals surface area contributed by atoms with Crippen molar-refractivity contribution in [3.8, 4) is 5.75 Å². The van der Waals surface area contributed by atoms with Gasteiger partial charge in [0.15, 0.2) is 0 Å². The van der Waals surface area contributed by atoms with E-state index in [1.165, 1.54) is 7.11 Å². The van der Waals surface area contributed by atoms with E-state index >= 15 is 0 Å². The molecule has 0 radical (unpaired) electrons. The second-order valence-electron chi connectivity index (χ2n) is 6.26. The number of rotatable bonds is 8. The molecule has 0 bridgehead atoms. The number of nitrogens with two attached hydrogens (primary N) is 1. The lowest BCUT2D eigenvalue weighted by atomic mass is 9.93. The number of aliphatic hydroxyl groups is 1. The van der Waals surface area contributed by atoms with Crippen LogP contribution in [-0.2, 0) is 16.0 Å². The molecule has 2 rings (SSSR count). The first-order valence-electron chi connectivity index (χ1n) is 8.38. The van der Waals surface area contributed by atoms with Crippen molar-refractivity contribution in [2.75, 3.05) is 13.7 Å². The quantitative estimate of drug-likeness (QED) is 0.639. The lowest BCUT2D eigenvalue weighted by Crippen LogP contribution is -2.37. The number of hydrogen-bond donors (Lipinski definition) is 2. The Hall–Kier alpha value is -1.89. The average molecular weight is 422 g/mol. The summed E-state index contributed by atoms with van der Waals surface area (Å²) in [5.74, 6) is 0.355. The molecule has 0 spiro atoms. The Bertz CT molecular complexity index is 720. The molecule has 0 aliphatic carbocycles. The van der Waals surface area contributed by atoms with E-state index in [0.29, 0.717) is 12.4 Å². The summed E-state index contributed by atoms with van der Waals surface area (Å²) in [4.78, 5) is 11.3. The van der Waals surface area contributed by atoms with Crippen LogP contribution in [0.1, 0.15) is 24.2 Å². The molecule has 3 unspecified atom stereocenters. The first kappa shape index (κ1) is 20.4. The third-order valence-corrected chi connectivity index (χ3v) is 4.72. The molecular weight excluding hydrogens is 398 g/mol. The number of methoxy groups -OCH3 is 1. The summed E-state index contributed by atoms with van der Waals surface area (Å²) in [6, 6.07) is 14.3. The zero-order valence-corrected chi connectivity index (χ0v) is 16.5. The largest absolute Gasteiger partial charge is 0.493 e. The van der Waals surface area contributed by atoms with Crippen LogP contribution < -0.4 is 10.5 Å². The van der Waals surface area contributed by atoms with Gasteiger partial charge < -0.3 is 20.3 Å². The van der Waals surface area contributed by atoms with Crippen LogP contribution in [0.5, 0.6) is 5.75 Å². The number of carbonyl (C=O) groups excluding carboxylic acids is 1. The Balaban J connectivity index is 1.89. The molecule has 0 fully saturated rings. The summed E-state index contributed by atoms with van der Waals surface area (Å²) in [6.07, 6.45) is -0.537. The normalized spacial score (nSPS) is 14.3. The van der Waals surface area contributed by atoms with Gasteiger partial charge in [0.25, 0.3) is 0 Å². The minimum Gasteiger partial charge on any atom is -0.493 e. The molecular formula is C20H24BrNO4. The standard InChI is InChI=1S/C20H24BrNO4/c1-13(19(22)20(24)15-4-3-5-16(21)11-15)12-26-17-8-6-14(7-9-17)10-18(23)25-2/h3-9,11,13,19-20,24H,10,12,22H2,1-2H3. The van der Waals surface area contributed by atoms with E-state index in [-0.39, 0.29) is 18.3 Å². The minimum atomic E-state index is -0.770. The molecule has 0 aromatic heterocycles. The van der Waals surface area contributed by atoms with Crippen LogP contribution in [0.4, 0.5) is 0 Å². The SMILES string of the molecule is COC(=O)Cc1ccc(OCC(C)C(N)C(O)c2cccc(Br)c2)cc1. The van der Waals surface area contributed by atoms with Crippen molar-refractivity contribution in [1.29, 1.82) is 0 Å². The fraction of sp³-hybridized carbons (Fsp3) is 0.350. The van der Waals surface area contributed by atoms with Gasteiger partial charge in [-0.15, -0.1) is 0 Å². The molecule has 2 aromatic carbocycles. The van der Waals surface area contributed by atoms with Crippen LogP contribution in [0.15, 0.2) is 53.0 Å². The van der Waals surface area contributed by atoms with E-state index in [0.717, 1.165) is 15.6 Å². The highest BCUT2D eigenvalue weighted by molar-refractivity contribution is 9.10. The first-order valence-corrected chi connectivity index (χ1v) is 9.17. The lowest BCUT2D eigenvalue weighted by molar-refractivity contribution is -0.139. The lowest BCUT2D eigenvalue weighted by Gasteiger charge is -2.25. The van der Waals surface area contributed by atoms with Crippen molar-refractivity contribution < 1.29 is 19.4 Å². The van der Waals surface area contributed by atoms with Crippen molar-refractivity contribution in [2.45, 2.75) is 25.5 Å². The van der Waals surface area contributed by atoms with Gasteiger partial charge in [-0.05, 0) is 35.4 Å². The van der Waals surface area contributed by atoms with E-state index in [2.05, 4.69) is 20.7 Å². The van der Waals surface area contributed by atoms with E-state index < -0.39 is 12.1 Å². The molecule has 0 aliphatic rings. The summed E-state index contributed by atoms with van der Waals surface area (Å²) >= 11 is 3.40. The van der Waals surface area contributed by atoms with Crippen LogP contribution in [0.25, 0.3) is 0 Å². The van der Waals surface area contributed by atoms with E-state index in [9.17, 15) is 9.90 Å². The van der Waals surface area contributed by atoms with Gasteiger partial charge in [0, 0.05) is 16.4 Å². The van der Waals surface area contributed by atoms with Crippen molar-refractivity contribution in [3.63, 3.8) is 0 Å². The topological polar surface area (TPSA) is 81.8 Å². The maximum absolute atomic E-state index is 11.3. The molecule has 0 heterocycles. The molecule has 3 atom stereocenters. The van der Waals surface area contributed by atoms with Gasteiger partial charge in [0.05, 0.1) is 26.2 Å². The van der Waals surface area contributed by atoms with Gasteiger partial charge in [-0.1, -0.05) is 47.1 Å². The zero-order chi connectivity index (χ0) is 19.1. The molecule has 2 aromatic rings. The summed E-state index contributed by atoms with van der Waals surface area (Å²) in [5.41, 5.74) is 7.83. The molecule has 0 aliphatic heterocycles. The van der Waals surface area contributed by atoms with Gasteiger partial charge in [-0.2, -0.15) is 0 Å². The van der Waals surface area contributed by atoms with Crippen molar-refractivity contribution in [1.82, 2.24) is 0 Å². The highest BCUT2D eigenvalue weighted by Gasteiger charge is 2.23. The predicted molar refractivity (Wildman–Crippen MR) is 104 cm³/mol. The fourth-order valence-electron chi connectivity index (χ4n) is 2.51. The Kier molecular flexibility index (Phi) is 7.63. The third-order valence-electron chi connectivity index (χ3n) is 4.22. The maximum Gasteiger partial charge on any atom is 0.309 e. The van der Waals surface area contributed by atoms with Crippen molar-refractivity contribution in [2.24, 2.45) is 11.7 Å². The number of benzene rings is 2. The Morgan fingerprint density at radius 2 is 1.92 bits per heavy atom.